The highest BCUT2D eigenvalue weighted by Crippen LogP contribution is 2.23. The van der Waals surface area contributed by atoms with Crippen molar-refractivity contribution in [1.29, 1.82) is 0 Å². The smallest absolute Gasteiger partial charge is 0.221 e. The number of carbonyl (C=O) groups is 2. The molecule has 112 valence electrons. The number of amides is 1. The van der Waals surface area contributed by atoms with Gasteiger partial charge in [0.1, 0.15) is 5.82 Å². The molecule has 0 aliphatic rings. The van der Waals surface area contributed by atoms with E-state index < -0.39 is 0 Å². The maximum Gasteiger partial charge on any atom is 0.221 e. The van der Waals surface area contributed by atoms with Crippen LogP contribution in [-0.2, 0) is 11.3 Å². The number of halogens is 1. The highest BCUT2D eigenvalue weighted by atomic mass is 19.1. The van der Waals surface area contributed by atoms with Crippen molar-refractivity contribution in [2.45, 2.75) is 39.8 Å². The summed E-state index contributed by atoms with van der Waals surface area (Å²) in [6.07, 6.45) is 2.01. The van der Waals surface area contributed by atoms with Crippen molar-refractivity contribution in [1.82, 2.24) is 9.88 Å². The van der Waals surface area contributed by atoms with Gasteiger partial charge in [-0.2, -0.15) is 0 Å². The molecule has 2 aromatic rings. The topological polar surface area (TPSA) is 51.1 Å². The number of fused-ring (bicyclic) bond motifs is 1. The Labute approximate surface area is 122 Å². The number of rotatable bonds is 5. The molecule has 1 aromatic carbocycles. The molecule has 0 bridgehead atoms. The van der Waals surface area contributed by atoms with Gasteiger partial charge in [0, 0.05) is 41.7 Å². The van der Waals surface area contributed by atoms with Gasteiger partial charge in [-0.05, 0) is 39.0 Å². The molecule has 1 aromatic heterocycles. The van der Waals surface area contributed by atoms with E-state index in [9.17, 15) is 14.0 Å². The van der Waals surface area contributed by atoms with Crippen molar-refractivity contribution < 1.29 is 14.0 Å². The van der Waals surface area contributed by atoms with Gasteiger partial charge in [-0.3, -0.25) is 9.59 Å². The molecule has 0 unspecified atom stereocenters. The number of ketones is 1. The summed E-state index contributed by atoms with van der Waals surface area (Å²) in [5, 5.41) is 3.41. The standard InChI is InChI=1S/C16H19FN2O2/c1-10(2)18-16(21)6-7-19-9-14(11(3)20)13-8-12(17)4-5-15(13)19/h4-5,8-10H,6-7H2,1-3H3,(H,18,21). The van der Waals surface area contributed by atoms with Gasteiger partial charge in [0.15, 0.2) is 5.78 Å². The van der Waals surface area contributed by atoms with Crippen LogP contribution in [0.3, 0.4) is 0 Å². The lowest BCUT2D eigenvalue weighted by molar-refractivity contribution is -0.121. The first kappa shape index (κ1) is 15.2. The minimum Gasteiger partial charge on any atom is -0.354 e. The molecule has 1 amide bonds. The number of hydrogen-bond acceptors (Lipinski definition) is 2. The van der Waals surface area contributed by atoms with Crippen LogP contribution in [0.4, 0.5) is 4.39 Å². The molecule has 21 heavy (non-hydrogen) atoms. The van der Waals surface area contributed by atoms with Crippen molar-refractivity contribution in [3.8, 4) is 0 Å². The van der Waals surface area contributed by atoms with E-state index in [1.165, 1.54) is 19.1 Å². The Bertz CT molecular complexity index is 689. The molecule has 0 spiro atoms. The maximum absolute atomic E-state index is 13.4. The van der Waals surface area contributed by atoms with Crippen LogP contribution < -0.4 is 5.32 Å². The second kappa shape index (κ2) is 6.08. The van der Waals surface area contributed by atoms with Crippen LogP contribution in [0.5, 0.6) is 0 Å². The number of benzene rings is 1. The van der Waals surface area contributed by atoms with Crippen LogP contribution in [0.1, 0.15) is 37.6 Å². The number of Topliss-reactive ketones (excluding diaryl/α,β-unsaturated/α-hetero) is 1. The third kappa shape index (κ3) is 3.48. The zero-order chi connectivity index (χ0) is 15.6. The SMILES string of the molecule is CC(=O)c1cn(CCC(=O)NC(C)C)c2ccc(F)cc12. The summed E-state index contributed by atoms with van der Waals surface area (Å²) in [4.78, 5) is 23.4. The molecule has 4 nitrogen and oxygen atoms in total. The van der Waals surface area contributed by atoms with E-state index in [4.69, 9.17) is 0 Å². The molecule has 1 N–H and O–H groups in total. The summed E-state index contributed by atoms with van der Waals surface area (Å²) in [5.41, 5.74) is 1.24. The third-order valence-corrected chi connectivity index (χ3v) is 3.25. The highest BCUT2D eigenvalue weighted by Gasteiger charge is 2.13. The molecule has 0 aliphatic carbocycles. The predicted molar refractivity (Wildman–Crippen MR) is 79.8 cm³/mol. The van der Waals surface area contributed by atoms with Crippen LogP contribution in [0.15, 0.2) is 24.4 Å². The van der Waals surface area contributed by atoms with E-state index in [2.05, 4.69) is 5.32 Å². The van der Waals surface area contributed by atoms with Crippen molar-refractivity contribution in [2.75, 3.05) is 0 Å². The average molecular weight is 290 g/mol. The van der Waals surface area contributed by atoms with E-state index in [0.717, 1.165) is 5.52 Å². The Morgan fingerprint density at radius 1 is 1.33 bits per heavy atom. The first-order valence-electron chi connectivity index (χ1n) is 6.97. The van der Waals surface area contributed by atoms with Crippen molar-refractivity contribution in [2.24, 2.45) is 0 Å². The number of nitrogens with one attached hydrogen (secondary N) is 1. The molecular weight excluding hydrogens is 271 g/mol. The zero-order valence-electron chi connectivity index (χ0n) is 12.4. The Morgan fingerprint density at radius 3 is 2.67 bits per heavy atom. The summed E-state index contributed by atoms with van der Waals surface area (Å²) in [6, 6.07) is 4.45. The number of carbonyl (C=O) groups excluding carboxylic acids is 2. The first-order chi connectivity index (χ1) is 9.88. The van der Waals surface area contributed by atoms with Gasteiger partial charge in [0.05, 0.1) is 0 Å². The minimum absolute atomic E-state index is 0.0432. The quantitative estimate of drug-likeness (QED) is 0.861. The zero-order valence-corrected chi connectivity index (χ0v) is 12.4. The fourth-order valence-corrected chi connectivity index (χ4v) is 2.35. The molecule has 0 radical (unpaired) electrons. The summed E-state index contributed by atoms with van der Waals surface area (Å²) < 4.78 is 15.2. The van der Waals surface area contributed by atoms with Gasteiger partial charge in [-0.1, -0.05) is 0 Å². The Balaban J connectivity index is 2.28. The molecule has 0 fully saturated rings. The van der Waals surface area contributed by atoms with Crippen molar-refractivity contribution in [3.63, 3.8) is 0 Å². The molecular formula is C16H19FN2O2. The Morgan fingerprint density at radius 2 is 2.05 bits per heavy atom. The van der Waals surface area contributed by atoms with Crippen LogP contribution in [-0.4, -0.2) is 22.3 Å². The van der Waals surface area contributed by atoms with Gasteiger partial charge in [-0.15, -0.1) is 0 Å². The molecule has 2 rings (SSSR count). The Hall–Kier alpha value is -2.17. The van der Waals surface area contributed by atoms with Crippen LogP contribution >= 0.6 is 0 Å². The maximum atomic E-state index is 13.4. The van der Waals surface area contributed by atoms with Crippen LogP contribution in [0.25, 0.3) is 10.9 Å². The lowest BCUT2D eigenvalue weighted by Gasteiger charge is -2.09. The number of aryl methyl sites for hydroxylation is 1. The molecule has 5 heteroatoms. The van der Waals surface area contributed by atoms with Gasteiger partial charge in [-0.25, -0.2) is 4.39 Å². The summed E-state index contributed by atoms with van der Waals surface area (Å²) >= 11 is 0. The highest BCUT2D eigenvalue weighted by molar-refractivity contribution is 6.07. The van der Waals surface area contributed by atoms with E-state index in [0.29, 0.717) is 23.9 Å². The van der Waals surface area contributed by atoms with Crippen LogP contribution in [0.2, 0.25) is 0 Å². The molecule has 0 saturated carbocycles. The second-order valence-electron chi connectivity index (χ2n) is 5.43. The van der Waals surface area contributed by atoms with Crippen molar-refractivity contribution >= 4 is 22.6 Å². The lowest BCUT2D eigenvalue weighted by Crippen LogP contribution is -2.30. The van der Waals surface area contributed by atoms with E-state index in [1.54, 1.807) is 12.3 Å². The fourth-order valence-electron chi connectivity index (χ4n) is 2.35. The van der Waals surface area contributed by atoms with E-state index in [1.807, 2.05) is 18.4 Å². The molecule has 0 saturated heterocycles. The first-order valence-corrected chi connectivity index (χ1v) is 6.97. The van der Waals surface area contributed by atoms with Gasteiger partial charge < -0.3 is 9.88 Å². The lowest BCUT2D eigenvalue weighted by atomic mass is 10.1. The third-order valence-electron chi connectivity index (χ3n) is 3.25. The summed E-state index contributed by atoms with van der Waals surface area (Å²) in [7, 11) is 0. The number of hydrogen-bond donors (Lipinski definition) is 1. The monoisotopic (exact) mass is 290 g/mol. The summed E-state index contributed by atoms with van der Waals surface area (Å²) in [5.74, 6) is -0.533. The molecule has 1 heterocycles. The van der Waals surface area contributed by atoms with Gasteiger partial charge in [0.2, 0.25) is 5.91 Å². The van der Waals surface area contributed by atoms with E-state index in [-0.39, 0.29) is 23.5 Å². The minimum atomic E-state index is -0.375. The van der Waals surface area contributed by atoms with Gasteiger partial charge in [0.25, 0.3) is 0 Å². The fraction of sp³-hybridized carbons (Fsp3) is 0.375. The van der Waals surface area contributed by atoms with Crippen LogP contribution in [0, 0.1) is 5.82 Å². The Kier molecular flexibility index (Phi) is 4.40. The molecule has 0 aliphatic heterocycles. The molecule has 0 atom stereocenters. The largest absolute Gasteiger partial charge is 0.354 e. The van der Waals surface area contributed by atoms with E-state index >= 15 is 0 Å². The van der Waals surface area contributed by atoms with Crippen molar-refractivity contribution in [3.05, 3.63) is 35.8 Å². The summed E-state index contributed by atoms with van der Waals surface area (Å²) in [6.45, 7) is 5.71. The van der Waals surface area contributed by atoms with Gasteiger partial charge >= 0.3 is 0 Å². The predicted octanol–water partition coefficient (Wildman–Crippen LogP) is 2.90. The second-order valence-corrected chi connectivity index (χ2v) is 5.43. The number of aromatic nitrogens is 1. The number of nitrogens with zero attached hydrogens (tertiary/aromatic N) is 1. The average Bonchev–Trinajstić information content (AvgIpc) is 2.73. The normalized spacial score (nSPS) is 11.1.